The van der Waals surface area contributed by atoms with E-state index in [0.29, 0.717) is 6.42 Å². The number of aliphatic hydroxyl groups excluding tert-OH is 1. The summed E-state index contributed by atoms with van der Waals surface area (Å²) in [4.78, 5) is 14.1. The lowest BCUT2D eigenvalue weighted by atomic mass is 10.0. The van der Waals surface area contributed by atoms with Crippen LogP contribution in [0.3, 0.4) is 0 Å². The van der Waals surface area contributed by atoms with Crippen molar-refractivity contribution < 1.29 is 10.0 Å². The Bertz CT molecular complexity index is 418. The van der Waals surface area contributed by atoms with E-state index in [-0.39, 0.29) is 23.9 Å². The van der Waals surface area contributed by atoms with E-state index < -0.39 is 10.5 Å². The topological polar surface area (TPSA) is 114 Å². The summed E-state index contributed by atoms with van der Waals surface area (Å²) in [6, 6.07) is 2.48. The Morgan fingerprint density at radius 1 is 1.65 bits per heavy atom. The first-order valence-corrected chi connectivity index (χ1v) is 5.21. The predicted octanol–water partition coefficient (Wildman–Crippen LogP) is 1.14. The number of hydrogen-bond acceptors (Lipinski definition) is 6. The molecule has 1 unspecified atom stereocenters. The number of nitrogen functional groups attached to an aromatic ring is 1. The SMILES string of the molecule is CCC(C)(CO)Nc1cc([N+](=O)[O-])cc(N)n1. The maximum atomic E-state index is 10.7. The third kappa shape index (κ3) is 3.28. The fourth-order valence-corrected chi connectivity index (χ4v) is 1.26. The fraction of sp³-hybridized carbons (Fsp3) is 0.500. The molecule has 0 fully saturated rings. The fourth-order valence-electron chi connectivity index (χ4n) is 1.26. The van der Waals surface area contributed by atoms with E-state index in [1.54, 1.807) is 6.92 Å². The largest absolute Gasteiger partial charge is 0.394 e. The van der Waals surface area contributed by atoms with Gasteiger partial charge in [0.15, 0.2) is 0 Å². The number of rotatable bonds is 5. The lowest BCUT2D eigenvalue weighted by Gasteiger charge is -2.27. The van der Waals surface area contributed by atoms with Gasteiger partial charge in [0.25, 0.3) is 5.69 Å². The number of pyridine rings is 1. The molecular weight excluding hydrogens is 224 g/mol. The second-order valence-corrected chi connectivity index (χ2v) is 4.09. The molecule has 0 radical (unpaired) electrons. The van der Waals surface area contributed by atoms with Gasteiger partial charge in [-0.05, 0) is 13.3 Å². The normalized spacial score (nSPS) is 14.1. The number of nitrogens with two attached hydrogens (primary N) is 1. The monoisotopic (exact) mass is 240 g/mol. The molecule has 7 heteroatoms. The van der Waals surface area contributed by atoms with E-state index >= 15 is 0 Å². The van der Waals surface area contributed by atoms with Crippen LogP contribution in [0.4, 0.5) is 17.3 Å². The molecule has 1 atom stereocenters. The van der Waals surface area contributed by atoms with E-state index in [9.17, 15) is 15.2 Å². The summed E-state index contributed by atoms with van der Waals surface area (Å²) in [5.74, 6) is 0.355. The minimum Gasteiger partial charge on any atom is -0.394 e. The molecule has 1 rings (SSSR count). The van der Waals surface area contributed by atoms with E-state index in [4.69, 9.17) is 5.73 Å². The van der Waals surface area contributed by atoms with Crippen molar-refractivity contribution in [1.82, 2.24) is 4.98 Å². The maximum absolute atomic E-state index is 10.7. The summed E-state index contributed by atoms with van der Waals surface area (Å²) in [5, 5.41) is 22.8. The quantitative estimate of drug-likeness (QED) is 0.525. The smallest absolute Gasteiger partial charge is 0.276 e. The molecular formula is C10H16N4O3. The number of nitro groups is 1. The van der Waals surface area contributed by atoms with Crippen molar-refractivity contribution in [2.45, 2.75) is 25.8 Å². The van der Waals surface area contributed by atoms with Crippen LogP contribution in [0.15, 0.2) is 12.1 Å². The molecule has 0 saturated carbocycles. The Labute approximate surface area is 98.8 Å². The number of anilines is 2. The van der Waals surface area contributed by atoms with Crippen LogP contribution >= 0.6 is 0 Å². The summed E-state index contributed by atoms with van der Waals surface area (Å²) >= 11 is 0. The Hall–Kier alpha value is -1.89. The molecule has 0 saturated heterocycles. The van der Waals surface area contributed by atoms with Gasteiger partial charge in [0.05, 0.1) is 29.2 Å². The third-order valence-corrected chi connectivity index (χ3v) is 2.60. The molecule has 0 aliphatic carbocycles. The second kappa shape index (κ2) is 4.96. The van der Waals surface area contributed by atoms with Gasteiger partial charge in [-0.3, -0.25) is 10.1 Å². The molecule has 1 aromatic heterocycles. The number of aromatic nitrogens is 1. The highest BCUT2D eigenvalue weighted by Gasteiger charge is 2.22. The van der Waals surface area contributed by atoms with Crippen molar-refractivity contribution in [2.75, 3.05) is 17.7 Å². The van der Waals surface area contributed by atoms with E-state index in [1.807, 2.05) is 6.92 Å². The van der Waals surface area contributed by atoms with Gasteiger partial charge in [-0.2, -0.15) is 0 Å². The van der Waals surface area contributed by atoms with E-state index in [1.165, 1.54) is 12.1 Å². The van der Waals surface area contributed by atoms with Crippen molar-refractivity contribution in [3.05, 3.63) is 22.2 Å². The van der Waals surface area contributed by atoms with Gasteiger partial charge in [-0.25, -0.2) is 4.98 Å². The lowest BCUT2D eigenvalue weighted by Crippen LogP contribution is -2.38. The molecule has 0 aromatic carbocycles. The van der Waals surface area contributed by atoms with Gasteiger partial charge in [0, 0.05) is 0 Å². The maximum Gasteiger partial charge on any atom is 0.276 e. The van der Waals surface area contributed by atoms with Gasteiger partial charge in [-0.1, -0.05) is 6.92 Å². The molecule has 17 heavy (non-hydrogen) atoms. The summed E-state index contributed by atoms with van der Waals surface area (Å²) < 4.78 is 0. The van der Waals surface area contributed by atoms with E-state index in [2.05, 4.69) is 10.3 Å². The minimum atomic E-state index is -0.575. The Morgan fingerprint density at radius 2 is 2.29 bits per heavy atom. The predicted molar refractivity (Wildman–Crippen MR) is 64.7 cm³/mol. The Balaban J connectivity index is 3.02. The van der Waals surface area contributed by atoms with Gasteiger partial charge < -0.3 is 16.2 Å². The standard InChI is InChI=1S/C10H16N4O3/c1-3-10(2,6-15)13-9-5-7(14(16)17)4-8(11)12-9/h4-5,15H,3,6H2,1-2H3,(H3,11,12,13). The molecule has 1 aromatic rings. The van der Waals surface area contributed by atoms with Crippen molar-refractivity contribution >= 4 is 17.3 Å². The summed E-state index contributed by atoms with van der Waals surface area (Å²) in [6.07, 6.45) is 0.647. The Kier molecular flexibility index (Phi) is 3.84. The van der Waals surface area contributed by atoms with Gasteiger partial charge in [0.1, 0.15) is 11.6 Å². The van der Waals surface area contributed by atoms with Crippen LogP contribution in [-0.4, -0.2) is 27.2 Å². The zero-order valence-electron chi connectivity index (χ0n) is 9.80. The molecule has 7 nitrogen and oxygen atoms in total. The Morgan fingerprint density at radius 3 is 2.76 bits per heavy atom. The van der Waals surface area contributed by atoms with Gasteiger partial charge in [0.2, 0.25) is 0 Å². The summed E-state index contributed by atoms with van der Waals surface area (Å²) in [6.45, 7) is 3.58. The summed E-state index contributed by atoms with van der Waals surface area (Å²) in [5.41, 5.74) is 4.78. The summed E-state index contributed by atoms with van der Waals surface area (Å²) in [7, 11) is 0. The molecule has 0 aliphatic rings. The molecule has 0 aliphatic heterocycles. The zero-order valence-corrected chi connectivity index (χ0v) is 9.80. The average molecular weight is 240 g/mol. The van der Waals surface area contributed by atoms with Gasteiger partial charge >= 0.3 is 0 Å². The molecule has 4 N–H and O–H groups in total. The number of nitrogens with zero attached hydrogens (tertiary/aromatic N) is 2. The molecule has 0 bridgehead atoms. The van der Waals surface area contributed by atoms with Crippen molar-refractivity contribution in [1.29, 1.82) is 0 Å². The molecule has 94 valence electrons. The van der Waals surface area contributed by atoms with Crippen LogP contribution in [0.1, 0.15) is 20.3 Å². The second-order valence-electron chi connectivity index (χ2n) is 4.09. The van der Waals surface area contributed by atoms with Crippen LogP contribution in [-0.2, 0) is 0 Å². The van der Waals surface area contributed by atoms with Crippen LogP contribution < -0.4 is 11.1 Å². The average Bonchev–Trinajstić information content (AvgIpc) is 2.28. The first-order valence-electron chi connectivity index (χ1n) is 5.21. The van der Waals surface area contributed by atoms with Crippen LogP contribution in [0.5, 0.6) is 0 Å². The molecule has 0 amide bonds. The first kappa shape index (κ1) is 13.2. The number of hydrogen-bond donors (Lipinski definition) is 3. The lowest BCUT2D eigenvalue weighted by molar-refractivity contribution is -0.384. The van der Waals surface area contributed by atoms with Gasteiger partial charge in [-0.15, -0.1) is 0 Å². The third-order valence-electron chi connectivity index (χ3n) is 2.60. The van der Waals surface area contributed by atoms with Crippen LogP contribution in [0, 0.1) is 10.1 Å². The highest BCUT2D eigenvalue weighted by molar-refractivity contribution is 5.53. The van der Waals surface area contributed by atoms with Crippen molar-refractivity contribution in [3.63, 3.8) is 0 Å². The zero-order chi connectivity index (χ0) is 13.1. The van der Waals surface area contributed by atoms with Crippen molar-refractivity contribution in [2.24, 2.45) is 0 Å². The molecule has 1 heterocycles. The number of aliphatic hydroxyl groups is 1. The van der Waals surface area contributed by atoms with Crippen molar-refractivity contribution in [3.8, 4) is 0 Å². The highest BCUT2D eigenvalue weighted by Crippen LogP contribution is 2.22. The first-order chi connectivity index (χ1) is 7.90. The number of nitrogens with one attached hydrogen (secondary N) is 1. The highest BCUT2D eigenvalue weighted by atomic mass is 16.6. The minimum absolute atomic E-state index is 0.0677. The molecule has 0 spiro atoms. The van der Waals surface area contributed by atoms with Crippen LogP contribution in [0.2, 0.25) is 0 Å². The van der Waals surface area contributed by atoms with E-state index in [0.717, 1.165) is 0 Å². The van der Waals surface area contributed by atoms with Crippen LogP contribution in [0.25, 0.3) is 0 Å².